The summed E-state index contributed by atoms with van der Waals surface area (Å²) in [6, 6.07) is 0. The van der Waals surface area contributed by atoms with Gasteiger partial charge >= 0.3 is 17.9 Å². The van der Waals surface area contributed by atoms with Crippen LogP contribution in [-0.4, -0.2) is 37.2 Å². The topological polar surface area (TPSA) is 78.9 Å². The number of ether oxygens (including phenoxy) is 3. The van der Waals surface area contributed by atoms with Crippen molar-refractivity contribution in [2.45, 2.75) is 258 Å². The van der Waals surface area contributed by atoms with E-state index in [2.05, 4.69) is 93.7 Å². The number of carbonyl (C=O) groups is 3. The van der Waals surface area contributed by atoms with Crippen molar-refractivity contribution in [1.29, 1.82) is 0 Å². The Balaban J connectivity index is 4.34. The number of hydrogen-bond donors (Lipinski definition) is 0. The molecule has 0 radical (unpaired) electrons. The molecule has 0 aromatic carbocycles. The molecule has 0 saturated carbocycles. The summed E-state index contributed by atoms with van der Waals surface area (Å²) in [5.41, 5.74) is 0. The Hall–Kier alpha value is -3.41. The van der Waals surface area contributed by atoms with Crippen LogP contribution in [0.15, 0.2) is 85.1 Å². The fraction of sp³-hybridized carbons (Fsp3) is 0.712. The lowest BCUT2D eigenvalue weighted by atomic mass is 10.0. The molecule has 0 aromatic rings. The van der Waals surface area contributed by atoms with Gasteiger partial charge in [-0.15, -0.1) is 0 Å². The van der Waals surface area contributed by atoms with Gasteiger partial charge in [-0.05, 0) is 70.6 Å². The number of allylic oxidation sites excluding steroid dienone is 13. The van der Waals surface area contributed by atoms with Crippen molar-refractivity contribution >= 4 is 17.9 Å². The molecule has 1 unspecified atom stereocenters. The lowest BCUT2D eigenvalue weighted by Crippen LogP contribution is -2.30. The molecule has 0 aliphatic heterocycles. The van der Waals surface area contributed by atoms with Crippen molar-refractivity contribution in [3.05, 3.63) is 85.1 Å². The van der Waals surface area contributed by atoms with Crippen molar-refractivity contribution in [2.75, 3.05) is 13.2 Å². The summed E-state index contributed by atoms with van der Waals surface area (Å²) in [5.74, 6) is -1.05. The van der Waals surface area contributed by atoms with E-state index in [1.165, 1.54) is 116 Å². The molecule has 0 fully saturated rings. The smallest absolute Gasteiger partial charge is 0.309 e. The van der Waals surface area contributed by atoms with Crippen molar-refractivity contribution in [1.82, 2.24) is 0 Å². The van der Waals surface area contributed by atoms with E-state index in [0.29, 0.717) is 12.8 Å². The Labute approximate surface area is 401 Å². The maximum absolute atomic E-state index is 12.8. The van der Waals surface area contributed by atoms with Gasteiger partial charge in [0.25, 0.3) is 0 Å². The molecular weight excluding hydrogens is 805 g/mol. The monoisotopic (exact) mass is 905 g/mol. The van der Waals surface area contributed by atoms with E-state index in [4.69, 9.17) is 14.2 Å². The highest BCUT2D eigenvalue weighted by molar-refractivity contribution is 5.72. The van der Waals surface area contributed by atoms with Crippen LogP contribution in [0.5, 0.6) is 0 Å². The van der Waals surface area contributed by atoms with Crippen LogP contribution in [0.25, 0.3) is 0 Å². The number of rotatable bonds is 48. The first-order chi connectivity index (χ1) is 32.0. The Morgan fingerprint density at radius 3 is 1.08 bits per heavy atom. The minimum atomic E-state index is -0.816. The fourth-order valence-corrected chi connectivity index (χ4v) is 7.44. The van der Waals surface area contributed by atoms with Crippen molar-refractivity contribution in [3.8, 4) is 0 Å². The van der Waals surface area contributed by atoms with Gasteiger partial charge in [-0.3, -0.25) is 14.4 Å². The molecular formula is C59H100O6. The Kier molecular flexibility index (Phi) is 50.4. The van der Waals surface area contributed by atoms with Crippen LogP contribution in [0.2, 0.25) is 0 Å². The zero-order chi connectivity index (χ0) is 47.2. The van der Waals surface area contributed by atoms with E-state index < -0.39 is 12.1 Å². The van der Waals surface area contributed by atoms with Crippen LogP contribution >= 0.6 is 0 Å². The van der Waals surface area contributed by atoms with Gasteiger partial charge in [0, 0.05) is 12.8 Å². The van der Waals surface area contributed by atoms with Gasteiger partial charge in [0.2, 0.25) is 0 Å². The largest absolute Gasteiger partial charge is 0.462 e. The second-order valence-corrected chi connectivity index (χ2v) is 17.8. The SMILES string of the molecule is CC/C=C\C/C=C\C/C=C\C/C=C\CCCCCCCCC(=O)OCC(COC(=O)C/C=C\C/C=C\C/C=C\CC)OC(=O)CCCCCCCCCCCCCCCCCCCCC. The minimum absolute atomic E-state index is 0.110. The van der Waals surface area contributed by atoms with Crippen LogP contribution in [0.1, 0.15) is 252 Å². The Morgan fingerprint density at radius 1 is 0.338 bits per heavy atom. The van der Waals surface area contributed by atoms with E-state index in [1.807, 2.05) is 6.08 Å². The molecule has 0 N–H and O–H groups in total. The van der Waals surface area contributed by atoms with Crippen LogP contribution in [-0.2, 0) is 28.6 Å². The predicted molar refractivity (Wildman–Crippen MR) is 279 cm³/mol. The average molecular weight is 905 g/mol. The van der Waals surface area contributed by atoms with Crippen LogP contribution in [0, 0.1) is 0 Å². The standard InChI is InChI=1S/C59H100O6/c1-4-7-10-13-16-19-21-23-25-27-29-31-33-35-37-40-43-46-49-52-58(61)64-55-56(54-63-57(60)51-48-45-42-39-18-15-12-9-6-3)65-59(62)53-50-47-44-41-38-36-34-32-30-28-26-24-22-20-17-14-11-8-5-2/h7,9-10,12,16,18-19,23,25,29,31,39,45,48,56H,4-6,8,11,13-15,17,20-22,24,26-28,30,32-38,40-44,46-47,49-55H2,1-3H3/b10-7-,12-9-,19-16-,25-23-,31-29-,39-18-,48-45-. The molecule has 0 aliphatic rings. The van der Waals surface area contributed by atoms with Crippen molar-refractivity contribution in [2.24, 2.45) is 0 Å². The highest BCUT2D eigenvalue weighted by Crippen LogP contribution is 2.16. The molecule has 6 heteroatoms. The van der Waals surface area contributed by atoms with E-state index in [0.717, 1.165) is 96.3 Å². The highest BCUT2D eigenvalue weighted by atomic mass is 16.6. The summed E-state index contributed by atoms with van der Waals surface area (Å²) in [5, 5.41) is 0. The highest BCUT2D eigenvalue weighted by Gasteiger charge is 2.19. The van der Waals surface area contributed by atoms with Crippen LogP contribution in [0.4, 0.5) is 0 Å². The van der Waals surface area contributed by atoms with Crippen molar-refractivity contribution < 1.29 is 28.6 Å². The Morgan fingerprint density at radius 2 is 0.662 bits per heavy atom. The van der Waals surface area contributed by atoms with Gasteiger partial charge in [-0.25, -0.2) is 0 Å². The van der Waals surface area contributed by atoms with Gasteiger partial charge in [-0.2, -0.15) is 0 Å². The summed E-state index contributed by atoms with van der Waals surface area (Å²) in [6.07, 6.45) is 69.0. The zero-order valence-corrected chi connectivity index (χ0v) is 42.5. The summed E-state index contributed by atoms with van der Waals surface area (Å²) in [7, 11) is 0. The third-order valence-electron chi connectivity index (χ3n) is 11.4. The first kappa shape index (κ1) is 61.6. The Bertz CT molecular complexity index is 1270. The van der Waals surface area contributed by atoms with Crippen molar-refractivity contribution in [3.63, 3.8) is 0 Å². The van der Waals surface area contributed by atoms with E-state index in [-0.39, 0.29) is 31.6 Å². The van der Waals surface area contributed by atoms with Gasteiger partial charge in [-0.1, -0.05) is 247 Å². The van der Waals surface area contributed by atoms with E-state index in [1.54, 1.807) is 6.08 Å². The second-order valence-electron chi connectivity index (χ2n) is 17.8. The minimum Gasteiger partial charge on any atom is -0.462 e. The lowest BCUT2D eigenvalue weighted by Gasteiger charge is -2.18. The van der Waals surface area contributed by atoms with E-state index in [9.17, 15) is 14.4 Å². The summed E-state index contributed by atoms with van der Waals surface area (Å²) < 4.78 is 16.7. The summed E-state index contributed by atoms with van der Waals surface area (Å²) >= 11 is 0. The average Bonchev–Trinajstić information content (AvgIpc) is 3.30. The maximum Gasteiger partial charge on any atom is 0.309 e. The molecule has 372 valence electrons. The fourth-order valence-electron chi connectivity index (χ4n) is 7.44. The quantitative estimate of drug-likeness (QED) is 0.0262. The van der Waals surface area contributed by atoms with Gasteiger partial charge < -0.3 is 14.2 Å². The first-order valence-electron chi connectivity index (χ1n) is 27.1. The molecule has 0 heterocycles. The third-order valence-corrected chi connectivity index (χ3v) is 11.4. The number of carbonyl (C=O) groups excluding carboxylic acids is 3. The molecule has 0 amide bonds. The molecule has 0 spiro atoms. The molecule has 1 atom stereocenters. The van der Waals surface area contributed by atoms with Crippen LogP contribution < -0.4 is 0 Å². The molecule has 65 heavy (non-hydrogen) atoms. The number of hydrogen-bond acceptors (Lipinski definition) is 6. The molecule has 0 aliphatic carbocycles. The molecule has 0 aromatic heterocycles. The molecule has 0 bridgehead atoms. The number of unbranched alkanes of at least 4 members (excludes halogenated alkanes) is 24. The summed E-state index contributed by atoms with van der Waals surface area (Å²) in [6.45, 7) is 6.31. The third kappa shape index (κ3) is 51.4. The predicted octanol–water partition coefficient (Wildman–Crippen LogP) is 18.0. The number of esters is 3. The first-order valence-corrected chi connectivity index (χ1v) is 27.1. The van der Waals surface area contributed by atoms with E-state index >= 15 is 0 Å². The molecule has 0 rings (SSSR count). The second kappa shape index (κ2) is 53.2. The van der Waals surface area contributed by atoms with Gasteiger partial charge in [0.15, 0.2) is 6.10 Å². The molecule has 6 nitrogen and oxygen atoms in total. The molecule has 0 saturated heterocycles. The normalized spacial score (nSPS) is 12.7. The van der Waals surface area contributed by atoms with Crippen LogP contribution in [0.3, 0.4) is 0 Å². The van der Waals surface area contributed by atoms with Gasteiger partial charge in [0.1, 0.15) is 13.2 Å². The zero-order valence-electron chi connectivity index (χ0n) is 42.5. The maximum atomic E-state index is 12.8. The lowest BCUT2D eigenvalue weighted by molar-refractivity contribution is -0.166. The summed E-state index contributed by atoms with van der Waals surface area (Å²) in [4.78, 5) is 37.9. The van der Waals surface area contributed by atoms with Gasteiger partial charge in [0.05, 0.1) is 6.42 Å².